The smallest absolute Gasteiger partial charge is 0.161 e. The Morgan fingerprint density at radius 2 is 0.647 bits per heavy atom. The number of hydrogen-bond acceptors (Lipinski definition) is 16. The van der Waals surface area contributed by atoms with Crippen LogP contribution in [-0.2, 0) is 66.3 Å². The molecule has 51 heavy (non-hydrogen) atoms. The molecule has 16 nitrogen and oxygen atoms in total. The van der Waals surface area contributed by atoms with E-state index in [1.54, 1.807) is 42.5 Å². The lowest BCUT2D eigenvalue weighted by Crippen LogP contribution is -2.58. The Kier molecular flexibility index (Phi) is 15.3. The molecule has 5 aliphatic rings. The normalized spacial score (nSPS) is 49.9. The van der Waals surface area contributed by atoms with E-state index >= 15 is 0 Å². The quantitative estimate of drug-likeness (QED) is 0.279. The first-order valence-corrected chi connectivity index (χ1v) is 18.3. The van der Waals surface area contributed by atoms with Crippen molar-refractivity contribution in [2.24, 2.45) is 0 Å². The van der Waals surface area contributed by atoms with E-state index in [1.807, 2.05) is 27.7 Å². The van der Waals surface area contributed by atoms with Crippen LogP contribution in [0.3, 0.4) is 0 Å². The second-order valence-corrected chi connectivity index (χ2v) is 14.3. The molecule has 0 amide bonds. The highest BCUT2D eigenvalue weighted by atomic mass is 16.8. The summed E-state index contributed by atoms with van der Waals surface area (Å²) < 4.78 is 84.9. The minimum absolute atomic E-state index is 0.306. The van der Waals surface area contributed by atoms with Crippen molar-refractivity contribution in [3.8, 4) is 0 Å². The Bertz CT molecular complexity index is 1040. The monoisotopic (exact) mass is 738 g/mol. The average Bonchev–Trinajstić information content (AvgIpc) is 3.10. The van der Waals surface area contributed by atoms with E-state index in [2.05, 4.69) is 0 Å². The van der Waals surface area contributed by atoms with Crippen LogP contribution in [0.1, 0.15) is 66.7 Å². The minimum atomic E-state index is -0.903. The summed E-state index contributed by atoms with van der Waals surface area (Å²) in [7, 11) is 8.08. The summed E-state index contributed by atoms with van der Waals surface area (Å²) in [5.74, 6) is 0. The van der Waals surface area contributed by atoms with E-state index in [0.29, 0.717) is 32.1 Å². The highest BCUT2D eigenvalue weighted by molar-refractivity contribution is 4.91. The van der Waals surface area contributed by atoms with Crippen LogP contribution in [0.5, 0.6) is 0 Å². The SMILES string of the molecule is CO[C@@H]1C[C@H](O[C@H]2[C@H](C)O[C@H](O[C@H]3[C@H](C)O[C@@H](O[C@H]4[C@H](C)O[C@H](O[C@H]5[C@H](C)O[C@H](O)C[C@H]5OC)C[C@H]4OC)C[C@H]3OC)C[C@H]2OC)O[C@@H](C)[C@@H]1O. The third kappa shape index (κ3) is 9.97. The molecule has 20 atom stereocenters. The molecule has 0 aliphatic carbocycles. The van der Waals surface area contributed by atoms with Crippen molar-refractivity contribution in [3.63, 3.8) is 0 Å². The molecule has 0 radical (unpaired) electrons. The van der Waals surface area contributed by atoms with Gasteiger partial charge in [0.2, 0.25) is 0 Å². The van der Waals surface area contributed by atoms with Crippen LogP contribution in [0.2, 0.25) is 0 Å². The third-order valence-electron chi connectivity index (χ3n) is 10.9. The van der Waals surface area contributed by atoms with Gasteiger partial charge in [0, 0.05) is 67.7 Å². The number of ether oxygens (including phenoxy) is 14. The molecule has 0 unspecified atom stereocenters. The Morgan fingerprint density at radius 3 is 0.980 bits per heavy atom. The van der Waals surface area contributed by atoms with E-state index < -0.39 is 80.3 Å². The zero-order valence-corrected chi connectivity index (χ0v) is 31.7. The van der Waals surface area contributed by atoms with Gasteiger partial charge < -0.3 is 76.5 Å². The molecule has 2 N–H and O–H groups in total. The summed E-state index contributed by atoms with van der Waals surface area (Å²) in [5, 5.41) is 20.4. The number of aliphatic hydroxyl groups is 2. The van der Waals surface area contributed by atoms with Crippen LogP contribution in [0.15, 0.2) is 0 Å². The number of methoxy groups -OCH3 is 5. The zero-order chi connectivity index (χ0) is 37.0. The first-order chi connectivity index (χ1) is 24.4. The van der Waals surface area contributed by atoms with Crippen LogP contribution < -0.4 is 0 Å². The lowest BCUT2D eigenvalue weighted by atomic mass is 9.98. The highest BCUT2D eigenvalue weighted by Gasteiger charge is 2.48. The molecule has 0 spiro atoms. The first-order valence-electron chi connectivity index (χ1n) is 18.3. The van der Waals surface area contributed by atoms with Crippen molar-refractivity contribution in [1.29, 1.82) is 0 Å². The van der Waals surface area contributed by atoms with Crippen LogP contribution in [0, 0.1) is 0 Å². The van der Waals surface area contributed by atoms with Crippen molar-refractivity contribution < 1.29 is 76.5 Å². The van der Waals surface area contributed by atoms with Gasteiger partial charge in [-0.15, -0.1) is 0 Å². The Hall–Kier alpha value is -0.640. The van der Waals surface area contributed by atoms with Gasteiger partial charge in [-0.05, 0) is 34.6 Å². The second-order valence-electron chi connectivity index (χ2n) is 14.3. The molecule has 5 saturated heterocycles. The molecule has 5 fully saturated rings. The maximum Gasteiger partial charge on any atom is 0.161 e. The average molecular weight is 739 g/mol. The fourth-order valence-corrected chi connectivity index (χ4v) is 8.02. The molecule has 298 valence electrons. The molecule has 0 aromatic rings. The Balaban J connectivity index is 1.14. The van der Waals surface area contributed by atoms with Crippen LogP contribution in [-0.4, -0.2) is 169 Å². The van der Waals surface area contributed by atoms with E-state index in [1.165, 1.54) is 0 Å². The first kappa shape index (κ1) is 41.5. The van der Waals surface area contributed by atoms with E-state index in [9.17, 15) is 10.2 Å². The van der Waals surface area contributed by atoms with Crippen molar-refractivity contribution >= 4 is 0 Å². The Morgan fingerprint density at radius 1 is 0.373 bits per heavy atom. The van der Waals surface area contributed by atoms with Crippen molar-refractivity contribution in [2.45, 2.75) is 190 Å². The molecule has 5 aliphatic heterocycles. The van der Waals surface area contributed by atoms with Gasteiger partial charge in [0.25, 0.3) is 0 Å². The zero-order valence-electron chi connectivity index (χ0n) is 31.7. The van der Waals surface area contributed by atoms with Gasteiger partial charge >= 0.3 is 0 Å². The van der Waals surface area contributed by atoms with Crippen LogP contribution in [0.4, 0.5) is 0 Å². The van der Waals surface area contributed by atoms with Crippen LogP contribution >= 0.6 is 0 Å². The highest BCUT2D eigenvalue weighted by Crippen LogP contribution is 2.36. The molecule has 5 heterocycles. The summed E-state index contributed by atoms with van der Waals surface area (Å²) in [5.41, 5.74) is 0. The molecular formula is C35H62O16. The lowest BCUT2D eigenvalue weighted by Gasteiger charge is -2.47. The van der Waals surface area contributed by atoms with Gasteiger partial charge in [-0.25, -0.2) is 0 Å². The number of aliphatic hydroxyl groups excluding tert-OH is 2. The van der Waals surface area contributed by atoms with E-state index in [-0.39, 0.29) is 42.7 Å². The predicted molar refractivity (Wildman–Crippen MR) is 176 cm³/mol. The van der Waals surface area contributed by atoms with Gasteiger partial charge in [0.05, 0.1) is 61.0 Å². The maximum atomic E-state index is 10.4. The van der Waals surface area contributed by atoms with Gasteiger partial charge in [-0.2, -0.15) is 0 Å². The van der Waals surface area contributed by atoms with Gasteiger partial charge in [0.15, 0.2) is 31.5 Å². The summed E-state index contributed by atoms with van der Waals surface area (Å²) in [6.07, 6.45) is -7.59. The fourth-order valence-electron chi connectivity index (χ4n) is 8.02. The second kappa shape index (κ2) is 18.8. The van der Waals surface area contributed by atoms with E-state index in [0.717, 1.165) is 0 Å². The standard InChI is InChI=1S/C35H62O16/c1-16-31(37)21(38-6)12-27(44-16)48-33-18(3)46-29(14-23(33)40-8)50-35-20(5)47-30(15-25(35)42-10)51-34-19(4)45-28(13-24(34)41-9)49-32-17(2)43-26(36)11-22(32)39-7/h16-37H,11-15H2,1-10H3/t16-,17-,18-,19-,20-,21+,22+,23+,24+,25+,26-,27-,28+,29+,30-,31-,32-,33-,34-,35-/m0/s1. The van der Waals surface area contributed by atoms with Gasteiger partial charge in [0.1, 0.15) is 30.5 Å². The van der Waals surface area contributed by atoms with Crippen LogP contribution in [0.25, 0.3) is 0 Å². The van der Waals surface area contributed by atoms with Crippen molar-refractivity contribution in [1.82, 2.24) is 0 Å². The maximum absolute atomic E-state index is 10.4. The third-order valence-corrected chi connectivity index (χ3v) is 10.9. The summed E-state index contributed by atoms with van der Waals surface area (Å²) in [6, 6.07) is 0. The number of hydrogen-bond donors (Lipinski definition) is 2. The summed E-state index contributed by atoms with van der Waals surface area (Å²) >= 11 is 0. The largest absolute Gasteiger partial charge is 0.388 e. The predicted octanol–water partition coefficient (Wildman–Crippen LogP) is 1.63. The van der Waals surface area contributed by atoms with Crippen molar-refractivity contribution in [3.05, 3.63) is 0 Å². The summed E-state index contributed by atoms with van der Waals surface area (Å²) in [6.45, 7) is 9.40. The van der Waals surface area contributed by atoms with Gasteiger partial charge in [-0.1, -0.05) is 0 Å². The lowest BCUT2D eigenvalue weighted by molar-refractivity contribution is -0.351. The molecule has 0 bridgehead atoms. The molecule has 0 saturated carbocycles. The van der Waals surface area contributed by atoms with Gasteiger partial charge in [-0.3, -0.25) is 0 Å². The molecular weight excluding hydrogens is 676 g/mol. The molecule has 5 rings (SSSR count). The molecule has 0 aromatic carbocycles. The molecule has 16 heteroatoms. The molecule has 0 aromatic heterocycles. The van der Waals surface area contributed by atoms with Crippen molar-refractivity contribution in [2.75, 3.05) is 35.5 Å². The van der Waals surface area contributed by atoms with E-state index in [4.69, 9.17) is 66.3 Å². The summed E-state index contributed by atoms with van der Waals surface area (Å²) in [4.78, 5) is 0. The number of rotatable bonds is 13. The minimum Gasteiger partial charge on any atom is -0.388 e. The fraction of sp³-hybridized carbons (Fsp3) is 1.00. The Labute approximate surface area is 301 Å². The topological polar surface area (TPSA) is 170 Å².